The lowest BCUT2D eigenvalue weighted by atomic mass is 10.6. The molecule has 13 heavy (non-hydrogen) atoms. The van der Waals surface area contributed by atoms with Crippen LogP contribution in [0.2, 0.25) is 0 Å². The molecule has 1 aliphatic rings. The van der Waals surface area contributed by atoms with E-state index in [0.29, 0.717) is 5.25 Å². The van der Waals surface area contributed by atoms with Crippen molar-refractivity contribution >= 4 is 34.7 Å². The van der Waals surface area contributed by atoms with Crippen molar-refractivity contribution in [2.75, 3.05) is 18.6 Å². The number of hydrogen-bond acceptors (Lipinski definition) is 5. The Kier molecular flexibility index (Phi) is 4.44. The fourth-order valence-electron chi connectivity index (χ4n) is 0.708. The number of oxime groups is 1. The van der Waals surface area contributed by atoms with Gasteiger partial charge in [-0.1, -0.05) is 12.1 Å². The van der Waals surface area contributed by atoms with Crippen molar-refractivity contribution in [2.45, 2.75) is 12.2 Å². The van der Waals surface area contributed by atoms with Crippen molar-refractivity contribution < 1.29 is 9.63 Å². The summed E-state index contributed by atoms with van der Waals surface area (Å²) in [6.45, 7) is 2.17. The molecule has 4 nitrogen and oxygen atoms in total. The van der Waals surface area contributed by atoms with E-state index in [0.717, 1.165) is 16.5 Å². The van der Waals surface area contributed by atoms with Crippen molar-refractivity contribution in [2.24, 2.45) is 5.16 Å². The molecule has 0 bridgehead atoms. The van der Waals surface area contributed by atoms with E-state index in [-0.39, 0.29) is 0 Å². The van der Waals surface area contributed by atoms with Crippen LogP contribution in [0.1, 0.15) is 6.92 Å². The van der Waals surface area contributed by atoms with Crippen LogP contribution in [0.4, 0.5) is 4.79 Å². The van der Waals surface area contributed by atoms with Crippen LogP contribution in [-0.4, -0.2) is 34.9 Å². The lowest BCUT2D eigenvalue weighted by Crippen LogP contribution is -2.19. The van der Waals surface area contributed by atoms with Gasteiger partial charge in [-0.15, -0.1) is 11.8 Å². The molecule has 0 aromatic heterocycles. The maximum absolute atomic E-state index is 10.7. The number of hydrogen-bond donors (Lipinski definition) is 1. The summed E-state index contributed by atoms with van der Waals surface area (Å²) in [7, 11) is 1.51. The Balaban J connectivity index is 2.31. The summed E-state index contributed by atoms with van der Waals surface area (Å²) < 4.78 is 0. The molecule has 1 fully saturated rings. The first-order chi connectivity index (χ1) is 6.22. The second kappa shape index (κ2) is 5.39. The molecule has 1 aliphatic heterocycles. The fourth-order valence-corrected chi connectivity index (χ4v) is 2.83. The molecular weight excluding hydrogens is 208 g/mol. The van der Waals surface area contributed by atoms with Gasteiger partial charge >= 0.3 is 6.09 Å². The molecule has 1 N–H and O–H groups in total. The van der Waals surface area contributed by atoms with Crippen LogP contribution >= 0.6 is 23.5 Å². The molecule has 1 saturated heterocycles. The molecule has 6 heteroatoms. The zero-order chi connectivity index (χ0) is 9.68. The fraction of sp³-hybridized carbons (Fsp3) is 0.714. The second-order valence-corrected chi connectivity index (χ2v) is 5.07. The molecule has 0 aromatic rings. The van der Waals surface area contributed by atoms with Gasteiger partial charge in [-0.2, -0.15) is 11.8 Å². The van der Waals surface area contributed by atoms with Gasteiger partial charge < -0.3 is 5.32 Å². The number of thioether (sulfide) groups is 2. The van der Waals surface area contributed by atoms with Gasteiger partial charge in [0.05, 0.1) is 0 Å². The number of carbonyl (C=O) groups is 1. The highest BCUT2D eigenvalue weighted by Crippen LogP contribution is 2.25. The van der Waals surface area contributed by atoms with Crippen molar-refractivity contribution in [3.63, 3.8) is 0 Å². The zero-order valence-corrected chi connectivity index (χ0v) is 9.20. The Hall–Kier alpha value is -0.360. The number of nitrogens with one attached hydrogen (secondary N) is 1. The molecule has 0 radical (unpaired) electrons. The smallest absolute Gasteiger partial charge is 0.323 e. The summed E-state index contributed by atoms with van der Waals surface area (Å²) >= 11 is 3.47. The summed E-state index contributed by atoms with van der Waals surface area (Å²) in [5, 5.41) is 7.60. The normalized spacial score (nSPS) is 25.7. The standard InChI is InChI=1S/C7H12N2O2S2/c1-5-3-13-6(4-12-5)9-11-7(10)8-2/h5H,3-4H2,1-2H3,(H,8,10)/b9-6+. The summed E-state index contributed by atoms with van der Waals surface area (Å²) in [5.74, 6) is 1.86. The number of rotatable bonds is 1. The monoisotopic (exact) mass is 220 g/mol. The van der Waals surface area contributed by atoms with Crippen LogP contribution in [0.25, 0.3) is 0 Å². The van der Waals surface area contributed by atoms with Crippen molar-refractivity contribution in [1.82, 2.24) is 5.32 Å². The minimum atomic E-state index is -0.517. The minimum Gasteiger partial charge on any atom is -0.323 e. The highest BCUT2D eigenvalue weighted by Gasteiger charge is 2.15. The summed E-state index contributed by atoms with van der Waals surface area (Å²) in [6.07, 6.45) is -0.517. The van der Waals surface area contributed by atoms with E-state index in [1.54, 1.807) is 11.8 Å². The van der Waals surface area contributed by atoms with E-state index in [9.17, 15) is 4.79 Å². The molecule has 0 aromatic carbocycles. The van der Waals surface area contributed by atoms with Crippen LogP contribution in [0, 0.1) is 0 Å². The molecule has 1 rings (SSSR count). The summed E-state index contributed by atoms with van der Waals surface area (Å²) in [6, 6.07) is 0. The van der Waals surface area contributed by atoms with Gasteiger partial charge in [-0.25, -0.2) is 4.79 Å². The average Bonchev–Trinajstić information content (AvgIpc) is 2.16. The summed E-state index contributed by atoms with van der Waals surface area (Å²) in [5.41, 5.74) is 0. The molecule has 1 amide bonds. The lowest BCUT2D eigenvalue weighted by Gasteiger charge is -2.17. The second-order valence-electron chi connectivity index (χ2n) is 2.55. The van der Waals surface area contributed by atoms with Gasteiger partial charge in [-0.05, 0) is 0 Å². The van der Waals surface area contributed by atoms with Crippen LogP contribution in [0.15, 0.2) is 5.16 Å². The SMILES string of the molecule is CNC(=O)O/N=C1\CSC(C)CS1. The van der Waals surface area contributed by atoms with E-state index in [1.165, 1.54) is 7.05 Å². The molecule has 0 aliphatic carbocycles. The third-order valence-corrected chi connectivity index (χ3v) is 4.20. The highest BCUT2D eigenvalue weighted by atomic mass is 32.2. The Morgan fingerprint density at radius 2 is 2.54 bits per heavy atom. The third kappa shape index (κ3) is 3.91. The van der Waals surface area contributed by atoms with Gasteiger partial charge in [0.25, 0.3) is 0 Å². The Morgan fingerprint density at radius 1 is 1.77 bits per heavy atom. The number of amides is 1. The lowest BCUT2D eigenvalue weighted by molar-refractivity contribution is 0.153. The molecule has 0 spiro atoms. The van der Waals surface area contributed by atoms with Gasteiger partial charge in [0, 0.05) is 23.8 Å². The minimum absolute atomic E-state index is 0.517. The molecule has 1 atom stereocenters. The topological polar surface area (TPSA) is 50.7 Å². The first kappa shape index (κ1) is 10.7. The molecule has 0 saturated carbocycles. The Labute approximate surface area is 85.8 Å². The first-order valence-electron chi connectivity index (χ1n) is 3.92. The van der Waals surface area contributed by atoms with Crippen LogP contribution in [0.5, 0.6) is 0 Å². The number of nitrogens with zero attached hydrogens (tertiary/aromatic N) is 1. The van der Waals surface area contributed by atoms with Crippen LogP contribution in [0.3, 0.4) is 0 Å². The molecule has 1 unspecified atom stereocenters. The van der Waals surface area contributed by atoms with Crippen LogP contribution < -0.4 is 5.32 Å². The maximum atomic E-state index is 10.7. The highest BCUT2D eigenvalue weighted by molar-refractivity contribution is 8.18. The quantitative estimate of drug-likeness (QED) is 0.538. The Morgan fingerprint density at radius 3 is 3.08 bits per heavy atom. The summed E-state index contributed by atoms with van der Waals surface area (Å²) in [4.78, 5) is 15.2. The van der Waals surface area contributed by atoms with E-state index in [2.05, 4.69) is 22.2 Å². The van der Waals surface area contributed by atoms with E-state index < -0.39 is 6.09 Å². The zero-order valence-electron chi connectivity index (χ0n) is 7.57. The maximum Gasteiger partial charge on any atom is 0.433 e. The Bertz CT molecular complexity index is 211. The first-order valence-corrected chi connectivity index (χ1v) is 5.96. The van der Waals surface area contributed by atoms with Crippen LogP contribution in [-0.2, 0) is 4.84 Å². The third-order valence-electron chi connectivity index (χ3n) is 1.41. The van der Waals surface area contributed by atoms with E-state index in [1.807, 2.05) is 11.8 Å². The molecular formula is C7H12N2O2S2. The van der Waals surface area contributed by atoms with Crippen molar-refractivity contribution in [3.8, 4) is 0 Å². The average molecular weight is 220 g/mol. The predicted molar refractivity (Wildman–Crippen MR) is 57.4 cm³/mol. The van der Waals surface area contributed by atoms with Gasteiger partial charge in [0.2, 0.25) is 0 Å². The number of carbonyl (C=O) groups excluding carboxylic acids is 1. The molecule has 1 heterocycles. The van der Waals surface area contributed by atoms with Gasteiger partial charge in [0.15, 0.2) is 0 Å². The van der Waals surface area contributed by atoms with Crippen molar-refractivity contribution in [3.05, 3.63) is 0 Å². The van der Waals surface area contributed by atoms with Crippen molar-refractivity contribution in [1.29, 1.82) is 0 Å². The van der Waals surface area contributed by atoms with Gasteiger partial charge in [-0.3, -0.25) is 4.84 Å². The van der Waals surface area contributed by atoms with Gasteiger partial charge in [0.1, 0.15) is 5.04 Å². The van der Waals surface area contributed by atoms with E-state index >= 15 is 0 Å². The van der Waals surface area contributed by atoms with E-state index in [4.69, 9.17) is 0 Å². The molecule has 74 valence electrons. The largest absolute Gasteiger partial charge is 0.433 e. The predicted octanol–water partition coefficient (Wildman–Crippen LogP) is 1.52.